The molecule has 0 saturated heterocycles. The number of aliphatic hydroxyl groups excluding tert-OH is 1. The van der Waals surface area contributed by atoms with Crippen molar-refractivity contribution < 1.29 is 24.5 Å². The molecule has 0 saturated carbocycles. The summed E-state index contributed by atoms with van der Waals surface area (Å²) in [6.07, 6.45) is 0.294. The minimum absolute atomic E-state index is 0.0472. The maximum absolute atomic E-state index is 12.8. The summed E-state index contributed by atoms with van der Waals surface area (Å²) in [4.78, 5) is 26.1. The lowest BCUT2D eigenvalue weighted by Crippen LogP contribution is -2.22. The van der Waals surface area contributed by atoms with Gasteiger partial charge < -0.3 is 14.9 Å². The molecule has 0 aliphatic carbocycles. The maximum Gasteiger partial charge on any atom is 0.311 e. The van der Waals surface area contributed by atoms with Crippen molar-refractivity contribution >= 4 is 35.5 Å². The van der Waals surface area contributed by atoms with Gasteiger partial charge in [0, 0.05) is 40.9 Å². The topological polar surface area (TPSA) is 83.8 Å². The van der Waals surface area contributed by atoms with Crippen molar-refractivity contribution in [3.8, 4) is 5.75 Å². The lowest BCUT2D eigenvalue weighted by Gasteiger charge is -2.30. The van der Waals surface area contributed by atoms with Gasteiger partial charge in [0.15, 0.2) is 0 Å². The molecule has 45 heavy (non-hydrogen) atoms. The summed E-state index contributed by atoms with van der Waals surface area (Å²) in [5.41, 5.74) is 4.29. The first kappa shape index (κ1) is 43.0. The third-order valence-corrected chi connectivity index (χ3v) is 9.17. The highest BCUT2D eigenvalue weighted by atomic mass is 32.2. The Hall–Kier alpha value is -1.96. The highest BCUT2D eigenvalue weighted by molar-refractivity contribution is 8.17. The number of ether oxygens (including phenoxy) is 1. The number of rotatable bonds is 9. The summed E-state index contributed by atoms with van der Waals surface area (Å²) in [6.45, 7) is 32.7. The van der Waals surface area contributed by atoms with Gasteiger partial charge in [0.1, 0.15) is 5.75 Å². The van der Waals surface area contributed by atoms with Crippen LogP contribution in [0.4, 0.5) is 0 Å². The fraction of sp³-hybridized carbons (Fsp3) is 0.632. The summed E-state index contributed by atoms with van der Waals surface area (Å²) in [7, 11) is 1.00. The Kier molecular flexibility index (Phi) is 17.0. The van der Waals surface area contributed by atoms with Crippen molar-refractivity contribution in [1.82, 2.24) is 0 Å². The number of carboxylic acid groups (broad SMARTS) is 1. The molecule has 256 valence electrons. The first-order valence-corrected chi connectivity index (χ1v) is 17.8. The molecule has 2 aromatic carbocycles. The first-order valence-electron chi connectivity index (χ1n) is 16.0. The van der Waals surface area contributed by atoms with Crippen LogP contribution in [-0.4, -0.2) is 33.8 Å². The third kappa shape index (κ3) is 14.6. The van der Waals surface area contributed by atoms with Crippen molar-refractivity contribution in [1.29, 1.82) is 0 Å². The van der Waals surface area contributed by atoms with Gasteiger partial charge >= 0.3 is 11.9 Å². The van der Waals surface area contributed by atoms with Gasteiger partial charge in [-0.05, 0) is 70.4 Å². The largest absolute Gasteiger partial charge is 0.481 e. The number of hydrogen-bond donors (Lipinski definition) is 2. The van der Waals surface area contributed by atoms with Crippen LogP contribution in [0.1, 0.15) is 145 Å². The molecule has 0 amide bonds. The molecule has 0 spiro atoms. The van der Waals surface area contributed by atoms with Gasteiger partial charge in [-0.3, -0.25) is 9.59 Å². The molecule has 0 aromatic heterocycles. The molecular formula is C38H62O5S2. The highest BCUT2D eigenvalue weighted by Gasteiger charge is 2.30. The van der Waals surface area contributed by atoms with Crippen LogP contribution in [0, 0.1) is 0 Å². The summed E-state index contributed by atoms with van der Waals surface area (Å²) >= 11 is 3.71. The molecule has 7 heteroatoms. The van der Waals surface area contributed by atoms with Gasteiger partial charge in [-0.15, -0.1) is 23.5 Å². The summed E-state index contributed by atoms with van der Waals surface area (Å²) in [6, 6.07) is 11.4. The van der Waals surface area contributed by atoms with Crippen molar-refractivity contribution in [2.45, 2.75) is 159 Å². The van der Waals surface area contributed by atoms with E-state index in [0.717, 1.165) is 23.1 Å². The van der Waals surface area contributed by atoms with E-state index in [-0.39, 0.29) is 51.5 Å². The van der Waals surface area contributed by atoms with E-state index in [1.54, 1.807) is 0 Å². The highest BCUT2D eigenvalue weighted by Crippen LogP contribution is 2.45. The van der Waals surface area contributed by atoms with Gasteiger partial charge in [-0.2, -0.15) is 0 Å². The van der Waals surface area contributed by atoms with E-state index in [2.05, 4.69) is 120 Å². The average molecular weight is 663 g/mol. The zero-order valence-electron chi connectivity index (χ0n) is 31.0. The molecule has 1 unspecified atom stereocenters. The number of benzene rings is 2. The standard InChI is InChI=1S/C35H52O4S2.C2H6.CH4O/c1-22(40-25-18-23(32(2,3)4)17-24(19-25)33(5,6)7)41-26-20-27(34(8,9)10)31(28(21-26)35(11,12)13)39-30(38)16-14-15-29(36)37;2*1-2/h17-22H,14-16H2,1-13H3,(H,36,37);1-2H3;2H,1H3. The molecule has 2 aromatic rings. The quantitative estimate of drug-likeness (QED) is 0.120. The second-order valence-corrected chi connectivity index (χ2v) is 18.2. The van der Waals surface area contributed by atoms with Crippen LogP contribution in [-0.2, 0) is 31.2 Å². The predicted molar refractivity (Wildman–Crippen MR) is 195 cm³/mol. The van der Waals surface area contributed by atoms with Crippen molar-refractivity contribution in [2.75, 3.05) is 7.11 Å². The van der Waals surface area contributed by atoms with Gasteiger partial charge in [0.25, 0.3) is 0 Å². The first-order chi connectivity index (χ1) is 20.5. The summed E-state index contributed by atoms with van der Waals surface area (Å²) in [5.74, 6) is -0.681. The Morgan fingerprint density at radius 2 is 1.04 bits per heavy atom. The Labute approximate surface area is 283 Å². The number of esters is 1. The van der Waals surface area contributed by atoms with Crippen LogP contribution < -0.4 is 4.74 Å². The van der Waals surface area contributed by atoms with Gasteiger partial charge in [0.2, 0.25) is 0 Å². The van der Waals surface area contributed by atoms with E-state index < -0.39 is 5.97 Å². The van der Waals surface area contributed by atoms with Crippen LogP contribution in [0.25, 0.3) is 0 Å². The van der Waals surface area contributed by atoms with Crippen LogP contribution in [0.2, 0.25) is 0 Å². The Morgan fingerprint density at radius 1 is 0.667 bits per heavy atom. The number of aliphatic hydroxyl groups is 1. The molecule has 0 bridgehead atoms. The van der Waals surface area contributed by atoms with Crippen LogP contribution in [0.3, 0.4) is 0 Å². The van der Waals surface area contributed by atoms with Crippen LogP contribution in [0.15, 0.2) is 40.1 Å². The van der Waals surface area contributed by atoms with Crippen molar-refractivity contribution in [3.63, 3.8) is 0 Å². The number of carbonyl (C=O) groups excluding carboxylic acids is 1. The molecule has 1 atom stereocenters. The Morgan fingerprint density at radius 3 is 1.38 bits per heavy atom. The van der Waals surface area contributed by atoms with Gasteiger partial charge in [-0.1, -0.05) is 103 Å². The van der Waals surface area contributed by atoms with Crippen molar-refractivity contribution in [2.24, 2.45) is 0 Å². The molecule has 0 aliphatic heterocycles. The molecule has 5 nitrogen and oxygen atoms in total. The van der Waals surface area contributed by atoms with E-state index in [1.807, 2.05) is 37.4 Å². The maximum atomic E-state index is 12.8. The lowest BCUT2D eigenvalue weighted by atomic mass is 9.79. The molecule has 2 N–H and O–H groups in total. The lowest BCUT2D eigenvalue weighted by molar-refractivity contribution is -0.137. The van der Waals surface area contributed by atoms with E-state index in [4.69, 9.17) is 14.9 Å². The number of hydrogen-bond acceptors (Lipinski definition) is 6. The monoisotopic (exact) mass is 662 g/mol. The van der Waals surface area contributed by atoms with Crippen LogP contribution >= 0.6 is 23.5 Å². The number of carbonyl (C=O) groups is 2. The van der Waals surface area contributed by atoms with Crippen molar-refractivity contribution in [3.05, 3.63) is 52.6 Å². The molecule has 0 heterocycles. The molecular weight excluding hydrogens is 601 g/mol. The van der Waals surface area contributed by atoms with Gasteiger partial charge in [0.05, 0.1) is 4.58 Å². The zero-order chi connectivity index (χ0) is 35.6. The molecule has 0 fully saturated rings. The normalized spacial score (nSPS) is 12.7. The minimum Gasteiger partial charge on any atom is -0.481 e. The second-order valence-electron chi connectivity index (χ2n) is 15.1. The average Bonchev–Trinajstić information content (AvgIpc) is 2.89. The van der Waals surface area contributed by atoms with E-state index in [9.17, 15) is 9.59 Å². The number of carboxylic acids is 1. The van der Waals surface area contributed by atoms with E-state index >= 15 is 0 Å². The summed E-state index contributed by atoms with van der Waals surface area (Å²) < 4.78 is 6.26. The minimum atomic E-state index is -0.906. The summed E-state index contributed by atoms with van der Waals surface area (Å²) in [5, 5.41) is 16.0. The van der Waals surface area contributed by atoms with Gasteiger partial charge in [-0.25, -0.2) is 0 Å². The fourth-order valence-electron chi connectivity index (χ4n) is 4.38. The Bertz CT molecular complexity index is 1170. The molecule has 2 rings (SSSR count). The van der Waals surface area contributed by atoms with E-state index in [0.29, 0.717) is 5.75 Å². The smallest absolute Gasteiger partial charge is 0.311 e. The third-order valence-electron chi connectivity index (χ3n) is 6.91. The molecule has 0 radical (unpaired) electrons. The Balaban J connectivity index is 0.00000464. The van der Waals surface area contributed by atoms with E-state index in [1.165, 1.54) is 16.0 Å². The number of thioether (sulfide) groups is 2. The second kappa shape index (κ2) is 17.8. The SMILES string of the molecule is CC.CC(Sc1cc(C(C)(C)C)cc(C(C)(C)C)c1)Sc1cc(C(C)(C)C)c(OC(=O)CCCC(=O)O)c(C(C)(C)C)c1.CO. The predicted octanol–water partition coefficient (Wildman–Crippen LogP) is 10.9. The molecule has 0 aliphatic rings. The van der Waals surface area contributed by atoms with Crippen LogP contribution in [0.5, 0.6) is 5.75 Å². The zero-order valence-corrected chi connectivity index (χ0v) is 32.7. The number of aliphatic carboxylic acids is 1. The fourth-order valence-corrected chi connectivity index (χ4v) is 6.77.